The molecule has 2 fully saturated rings. The SMILES string of the molecule is Cl.Cl.Cn1nc(N2CCC(=O)NC2=O)c2ccc(N3CCNCC3)cc21. The van der Waals surface area contributed by atoms with Crippen molar-refractivity contribution in [2.24, 2.45) is 7.05 Å². The molecule has 2 saturated heterocycles. The van der Waals surface area contributed by atoms with Crippen molar-refractivity contribution in [2.75, 3.05) is 42.5 Å². The summed E-state index contributed by atoms with van der Waals surface area (Å²) in [5.74, 6) is 0.363. The van der Waals surface area contributed by atoms with Gasteiger partial charge in [0.15, 0.2) is 5.82 Å². The normalized spacial score (nSPS) is 17.6. The lowest BCUT2D eigenvalue weighted by Crippen LogP contribution is -2.49. The lowest BCUT2D eigenvalue weighted by atomic mass is 10.2. The molecular weight excluding hydrogens is 379 g/mol. The van der Waals surface area contributed by atoms with Gasteiger partial charge in [0, 0.05) is 57.3 Å². The van der Waals surface area contributed by atoms with E-state index in [1.165, 1.54) is 4.90 Å². The van der Waals surface area contributed by atoms with Crippen molar-refractivity contribution in [2.45, 2.75) is 6.42 Å². The van der Waals surface area contributed by atoms with E-state index in [2.05, 4.69) is 32.8 Å². The number of piperazine rings is 1. The molecule has 4 rings (SSSR count). The van der Waals surface area contributed by atoms with Gasteiger partial charge in [-0.25, -0.2) is 4.79 Å². The van der Waals surface area contributed by atoms with E-state index in [1.54, 1.807) is 4.68 Å². The van der Waals surface area contributed by atoms with Crippen LogP contribution in [0.1, 0.15) is 6.42 Å². The number of hydrogen-bond donors (Lipinski definition) is 2. The van der Waals surface area contributed by atoms with Crippen LogP contribution in [0.3, 0.4) is 0 Å². The number of rotatable bonds is 2. The van der Waals surface area contributed by atoms with Crippen molar-refractivity contribution < 1.29 is 9.59 Å². The number of aromatic nitrogens is 2. The minimum atomic E-state index is -0.405. The fraction of sp³-hybridized carbons (Fsp3) is 0.438. The zero-order valence-electron chi connectivity index (χ0n) is 14.4. The Balaban J connectivity index is 0.00000121. The van der Waals surface area contributed by atoms with Crippen LogP contribution in [-0.4, -0.2) is 54.4 Å². The first kappa shape index (κ1) is 20.3. The van der Waals surface area contributed by atoms with Crippen molar-refractivity contribution in [3.8, 4) is 0 Å². The number of halogens is 2. The molecule has 1 aromatic heterocycles. The topological polar surface area (TPSA) is 82.5 Å². The maximum atomic E-state index is 12.1. The first-order valence-electron chi connectivity index (χ1n) is 8.17. The zero-order valence-corrected chi connectivity index (χ0v) is 16.0. The number of aryl methyl sites for hydroxylation is 1. The van der Waals surface area contributed by atoms with Crippen LogP contribution < -0.4 is 20.4 Å². The van der Waals surface area contributed by atoms with Crippen LogP contribution >= 0.6 is 24.8 Å². The number of benzene rings is 1. The van der Waals surface area contributed by atoms with Gasteiger partial charge in [0.05, 0.1) is 5.52 Å². The van der Waals surface area contributed by atoms with Gasteiger partial charge in [-0.1, -0.05) is 0 Å². The molecule has 26 heavy (non-hydrogen) atoms. The van der Waals surface area contributed by atoms with E-state index in [0.717, 1.165) is 42.8 Å². The van der Waals surface area contributed by atoms with Crippen molar-refractivity contribution in [1.29, 1.82) is 0 Å². The number of fused-ring (bicyclic) bond motifs is 1. The molecule has 3 heterocycles. The number of carbonyl (C=O) groups is 2. The van der Waals surface area contributed by atoms with E-state index in [1.807, 2.05) is 13.1 Å². The number of anilines is 2. The highest BCUT2D eigenvalue weighted by atomic mass is 35.5. The van der Waals surface area contributed by atoms with E-state index in [0.29, 0.717) is 18.8 Å². The zero-order chi connectivity index (χ0) is 16.7. The second-order valence-electron chi connectivity index (χ2n) is 6.14. The summed E-state index contributed by atoms with van der Waals surface area (Å²) < 4.78 is 1.79. The predicted octanol–water partition coefficient (Wildman–Crippen LogP) is 1.27. The Morgan fingerprint density at radius 2 is 1.81 bits per heavy atom. The van der Waals surface area contributed by atoms with Crippen LogP contribution in [0.25, 0.3) is 10.9 Å². The minimum Gasteiger partial charge on any atom is -0.369 e. The highest BCUT2D eigenvalue weighted by Gasteiger charge is 2.28. The second kappa shape index (κ2) is 8.11. The maximum absolute atomic E-state index is 12.1. The Bertz CT molecular complexity index is 818. The molecule has 8 nitrogen and oxygen atoms in total. The molecule has 0 saturated carbocycles. The maximum Gasteiger partial charge on any atom is 0.329 e. The minimum absolute atomic E-state index is 0. The van der Waals surface area contributed by atoms with Gasteiger partial charge in [0.25, 0.3) is 0 Å². The molecule has 10 heteroatoms. The Kier molecular flexibility index (Phi) is 6.33. The number of hydrogen-bond acceptors (Lipinski definition) is 5. The van der Waals surface area contributed by atoms with Gasteiger partial charge in [0.2, 0.25) is 5.91 Å². The Hall–Kier alpha value is -2.03. The van der Waals surface area contributed by atoms with Crippen molar-refractivity contribution in [1.82, 2.24) is 20.4 Å². The molecule has 0 aliphatic carbocycles. The molecular formula is C16H22Cl2N6O2. The molecule has 0 unspecified atom stereocenters. The molecule has 142 valence electrons. The fourth-order valence-corrected chi connectivity index (χ4v) is 3.31. The summed E-state index contributed by atoms with van der Waals surface area (Å²) >= 11 is 0. The number of nitrogens with zero attached hydrogens (tertiary/aromatic N) is 4. The van der Waals surface area contributed by atoms with Gasteiger partial charge in [-0.05, 0) is 18.2 Å². The first-order chi connectivity index (χ1) is 11.6. The third-order valence-electron chi connectivity index (χ3n) is 4.61. The third kappa shape index (κ3) is 3.58. The van der Waals surface area contributed by atoms with Crippen LogP contribution in [-0.2, 0) is 11.8 Å². The first-order valence-corrected chi connectivity index (χ1v) is 8.17. The van der Waals surface area contributed by atoms with Crippen LogP contribution in [0.5, 0.6) is 0 Å². The number of urea groups is 1. The van der Waals surface area contributed by atoms with Crippen molar-refractivity contribution in [3.63, 3.8) is 0 Å². The summed E-state index contributed by atoms with van der Waals surface area (Å²) in [5, 5.41) is 11.1. The molecule has 1 aromatic carbocycles. The summed E-state index contributed by atoms with van der Waals surface area (Å²) in [6, 6.07) is 5.80. The monoisotopic (exact) mass is 400 g/mol. The molecule has 0 radical (unpaired) electrons. The van der Waals surface area contributed by atoms with E-state index >= 15 is 0 Å². The van der Waals surface area contributed by atoms with Crippen molar-refractivity contribution >= 4 is 59.2 Å². The van der Waals surface area contributed by atoms with Crippen LogP contribution in [0, 0.1) is 0 Å². The molecule has 0 atom stereocenters. The van der Waals surface area contributed by atoms with Crippen molar-refractivity contribution in [3.05, 3.63) is 18.2 Å². The summed E-state index contributed by atoms with van der Waals surface area (Å²) in [4.78, 5) is 27.3. The van der Waals surface area contributed by atoms with Gasteiger partial charge in [0.1, 0.15) is 0 Å². The van der Waals surface area contributed by atoms with E-state index in [9.17, 15) is 9.59 Å². The Labute approximate surface area is 163 Å². The van der Waals surface area contributed by atoms with Gasteiger partial charge in [-0.15, -0.1) is 24.8 Å². The molecule has 3 amide bonds. The van der Waals surface area contributed by atoms with E-state index < -0.39 is 6.03 Å². The predicted molar refractivity (Wildman–Crippen MR) is 106 cm³/mol. The molecule has 2 aliphatic heterocycles. The average molecular weight is 401 g/mol. The highest BCUT2D eigenvalue weighted by Crippen LogP contribution is 2.30. The number of imide groups is 1. The van der Waals surface area contributed by atoms with Crippen LogP contribution in [0.4, 0.5) is 16.3 Å². The summed E-state index contributed by atoms with van der Waals surface area (Å²) in [6.45, 7) is 4.28. The van der Waals surface area contributed by atoms with Crippen LogP contribution in [0.15, 0.2) is 18.2 Å². The third-order valence-corrected chi connectivity index (χ3v) is 4.61. The molecule has 0 spiro atoms. The molecule has 2 N–H and O–H groups in total. The smallest absolute Gasteiger partial charge is 0.329 e. The summed E-state index contributed by atoms with van der Waals surface area (Å²) in [7, 11) is 1.88. The molecule has 2 aromatic rings. The number of nitrogens with one attached hydrogen (secondary N) is 2. The largest absolute Gasteiger partial charge is 0.369 e. The molecule has 0 bridgehead atoms. The summed E-state index contributed by atoms with van der Waals surface area (Å²) in [6.07, 6.45) is 0.294. The van der Waals surface area contributed by atoms with Gasteiger partial charge in [-0.2, -0.15) is 5.10 Å². The van der Waals surface area contributed by atoms with Gasteiger partial charge >= 0.3 is 6.03 Å². The fourth-order valence-electron chi connectivity index (χ4n) is 3.31. The van der Waals surface area contributed by atoms with E-state index in [-0.39, 0.29) is 30.7 Å². The van der Waals surface area contributed by atoms with Gasteiger partial charge < -0.3 is 10.2 Å². The lowest BCUT2D eigenvalue weighted by Gasteiger charge is -2.29. The quantitative estimate of drug-likeness (QED) is 0.792. The van der Waals surface area contributed by atoms with E-state index in [4.69, 9.17) is 0 Å². The Morgan fingerprint density at radius 1 is 1.08 bits per heavy atom. The number of carbonyl (C=O) groups excluding carboxylic acids is 2. The summed E-state index contributed by atoms with van der Waals surface area (Å²) in [5.41, 5.74) is 2.14. The average Bonchev–Trinajstić information content (AvgIpc) is 2.92. The molecule has 2 aliphatic rings. The lowest BCUT2D eigenvalue weighted by molar-refractivity contribution is -0.120. The standard InChI is InChI=1S/C16H20N6O2.2ClH/c1-20-13-10-11(21-8-5-17-6-9-21)2-3-12(13)15(19-20)22-7-4-14(23)18-16(22)24;;/h2-3,10,17H,4-9H2,1H3,(H,18,23,24);2*1H. The number of amides is 3. The highest BCUT2D eigenvalue weighted by molar-refractivity contribution is 6.09. The van der Waals surface area contributed by atoms with Gasteiger partial charge in [-0.3, -0.25) is 19.7 Å². The second-order valence-corrected chi connectivity index (χ2v) is 6.14. The van der Waals surface area contributed by atoms with Crippen LogP contribution in [0.2, 0.25) is 0 Å². The Morgan fingerprint density at radius 3 is 2.50 bits per heavy atom.